The Hall–Kier alpha value is -2.95. The molecular formula is C19H20N2O3. The van der Waals surface area contributed by atoms with Crippen LogP contribution >= 0.6 is 0 Å². The first-order valence-electron chi connectivity index (χ1n) is 7.67. The first-order valence-corrected chi connectivity index (χ1v) is 7.67. The van der Waals surface area contributed by atoms with Gasteiger partial charge in [0.2, 0.25) is 5.91 Å². The highest BCUT2D eigenvalue weighted by molar-refractivity contribution is 5.92. The van der Waals surface area contributed by atoms with E-state index < -0.39 is 4.92 Å². The molecule has 124 valence electrons. The van der Waals surface area contributed by atoms with Gasteiger partial charge >= 0.3 is 0 Å². The van der Waals surface area contributed by atoms with E-state index in [0.29, 0.717) is 0 Å². The molecule has 1 N–H and O–H groups in total. The van der Waals surface area contributed by atoms with Crippen LogP contribution in [-0.2, 0) is 4.79 Å². The van der Waals surface area contributed by atoms with Gasteiger partial charge in [-0.25, -0.2) is 0 Å². The summed E-state index contributed by atoms with van der Waals surface area (Å²) in [6, 6.07) is 12.1. The SMILES string of the molecule is Cc1ccc(C(C)NC(=O)/C=C/c2ccc([N+](=O)[O-])cc2)c(C)c1. The number of non-ortho nitro benzene ring substituents is 1. The van der Waals surface area contributed by atoms with E-state index in [0.717, 1.165) is 16.7 Å². The summed E-state index contributed by atoms with van der Waals surface area (Å²) >= 11 is 0. The number of hydrogen-bond acceptors (Lipinski definition) is 3. The van der Waals surface area contributed by atoms with Crippen molar-refractivity contribution in [3.63, 3.8) is 0 Å². The number of nitro benzene ring substituents is 1. The second-order valence-corrected chi connectivity index (χ2v) is 5.77. The molecule has 0 aliphatic carbocycles. The van der Waals surface area contributed by atoms with Gasteiger partial charge in [-0.3, -0.25) is 14.9 Å². The third-order valence-corrected chi connectivity index (χ3v) is 3.78. The lowest BCUT2D eigenvalue weighted by Gasteiger charge is -2.16. The highest BCUT2D eigenvalue weighted by Crippen LogP contribution is 2.18. The molecule has 0 saturated carbocycles. The number of benzene rings is 2. The first kappa shape index (κ1) is 17.4. The van der Waals surface area contributed by atoms with Crippen molar-refractivity contribution in [3.8, 4) is 0 Å². The van der Waals surface area contributed by atoms with E-state index in [1.54, 1.807) is 18.2 Å². The minimum absolute atomic E-state index is 0.0278. The van der Waals surface area contributed by atoms with E-state index in [4.69, 9.17) is 0 Å². The average Bonchev–Trinajstić information content (AvgIpc) is 2.53. The van der Waals surface area contributed by atoms with Crippen molar-refractivity contribution < 1.29 is 9.72 Å². The Kier molecular flexibility index (Phi) is 5.47. The maximum absolute atomic E-state index is 12.0. The molecule has 0 aromatic heterocycles. The van der Waals surface area contributed by atoms with E-state index in [2.05, 4.69) is 11.4 Å². The fraction of sp³-hybridized carbons (Fsp3) is 0.211. The molecule has 2 aromatic carbocycles. The zero-order chi connectivity index (χ0) is 17.7. The number of aryl methyl sites for hydroxylation is 2. The van der Waals surface area contributed by atoms with Crippen LogP contribution in [-0.4, -0.2) is 10.8 Å². The molecule has 0 saturated heterocycles. The largest absolute Gasteiger partial charge is 0.346 e. The van der Waals surface area contributed by atoms with Crippen molar-refractivity contribution in [2.24, 2.45) is 0 Å². The predicted molar refractivity (Wildman–Crippen MR) is 94.6 cm³/mol. The van der Waals surface area contributed by atoms with Crippen molar-refractivity contribution in [2.75, 3.05) is 0 Å². The third kappa shape index (κ3) is 4.52. The van der Waals surface area contributed by atoms with E-state index in [-0.39, 0.29) is 17.6 Å². The third-order valence-electron chi connectivity index (χ3n) is 3.78. The number of carbonyl (C=O) groups excluding carboxylic acids is 1. The molecule has 5 nitrogen and oxygen atoms in total. The van der Waals surface area contributed by atoms with Gasteiger partial charge in [0.1, 0.15) is 0 Å². The van der Waals surface area contributed by atoms with Gasteiger partial charge in [-0.2, -0.15) is 0 Å². The molecule has 5 heteroatoms. The Balaban J connectivity index is 2.00. The fourth-order valence-electron chi connectivity index (χ4n) is 2.53. The second kappa shape index (κ2) is 7.55. The van der Waals surface area contributed by atoms with Crippen LogP contribution in [0.1, 0.15) is 35.2 Å². The Morgan fingerprint density at radius 3 is 2.42 bits per heavy atom. The van der Waals surface area contributed by atoms with Crippen molar-refractivity contribution >= 4 is 17.7 Å². The lowest BCUT2D eigenvalue weighted by molar-refractivity contribution is -0.384. The fourth-order valence-corrected chi connectivity index (χ4v) is 2.53. The summed E-state index contributed by atoms with van der Waals surface area (Å²) in [5.74, 6) is -0.208. The van der Waals surface area contributed by atoms with Crippen LogP contribution in [0.3, 0.4) is 0 Å². The zero-order valence-corrected chi connectivity index (χ0v) is 13.9. The number of nitro groups is 1. The summed E-state index contributed by atoms with van der Waals surface area (Å²) in [4.78, 5) is 22.2. The molecule has 0 bridgehead atoms. The first-order chi connectivity index (χ1) is 11.4. The lowest BCUT2D eigenvalue weighted by atomic mass is 10.0. The van der Waals surface area contributed by atoms with E-state index >= 15 is 0 Å². The summed E-state index contributed by atoms with van der Waals surface area (Å²) in [5.41, 5.74) is 4.17. The highest BCUT2D eigenvalue weighted by Gasteiger charge is 2.10. The second-order valence-electron chi connectivity index (χ2n) is 5.77. The minimum Gasteiger partial charge on any atom is -0.346 e. The maximum atomic E-state index is 12.0. The molecule has 0 aliphatic rings. The average molecular weight is 324 g/mol. The molecule has 24 heavy (non-hydrogen) atoms. The highest BCUT2D eigenvalue weighted by atomic mass is 16.6. The smallest absolute Gasteiger partial charge is 0.269 e. The quantitative estimate of drug-likeness (QED) is 0.511. The molecule has 0 fully saturated rings. The summed E-state index contributed by atoms with van der Waals surface area (Å²) in [7, 11) is 0. The Bertz CT molecular complexity index is 780. The molecule has 1 amide bonds. The van der Waals surface area contributed by atoms with Crippen LogP contribution in [0.2, 0.25) is 0 Å². The number of nitrogens with zero attached hydrogens (tertiary/aromatic N) is 1. The van der Waals surface area contributed by atoms with Crippen LogP contribution in [0.25, 0.3) is 6.08 Å². The normalized spacial score (nSPS) is 12.1. The molecule has 0 heterocycles. The Labute approximate surface area is 141 Å². The number of hydrogen-bond donors (Lipinski definition) is 1. The van der Waals surface area contributed by atoms with Crippen molar-refractivity contribution in [1.82, 2.24) is 5.32 Å². The van der Waals surface area contributed by atoms with Gasteiger partial charge in [0.15, 0.2) is 0 Å². The van der Waals surface area contributed by atoms with Crippen LogP contribution in [0.15, 0.2) is 48.5 Å². The molecule has 0 spiro atoms. The van der Waals surface area contributed by atoms with Gasteiger partial charge < -0.3 is 5.32 Å². The molecule has 2 rings (SSSR count). The van der Waals surface area contributed by atoms with E-state index in [9.17, 15) is 14.9 Å². The van der Waals surface area contributed by atoms with Gasteiger partial charge in [-0.05, 0) is 55.7 Å². The number of carbonyl (C=O) groups is 1. The van der Waals surface area contributed by atoms with Crippen molar-refractivity contribution in [1.29, 1.82) is 0 Å². The zero-order valence-electron chi connectivity index (χ0n) is 13.9. The van der Waals surface area contributed by atoms with Gasteiger partial charge in [-0.1, -0.05) is 23.8 Å². The van der Waals surface area contributed by atoms with Gasteiger partial charge in [0, 0.05) is 18.2 Å². The molecule has 2 aromatic rings. The summed E-state index contributed by atoms with van der Waals surface area (Å²) in [6.07, 6.45) is 3.06. The van der Waals surface area contributed by atoms with Crippen LogP contribution in [0.4, 0.5) is 5.69 Å². The lowest BCUT2D eigenvalue weighted by Crippen LogP contribution is -2.25. The topological polar surface area (TPSA) is 72.2 Å². The molecule has 0 radical (unpaired) electrons. The standard InChI is InChI=1S/C19H20N2O3/c1-13-4-10-18(14(2)12-13)15(3)20-19(22)11-7-16-5-8-17(9-6-16)21(23)24/h4-12,15H,1-3H3,(H,20,22)/b11-7+. The van der Waals surface area contributed by atoms with Crippen LogP contribution < -0.4 is 5.32 Å². The predicted octanol–water partition coefficient (Wildman–Crippen LogP) is 4.10. The van der Waals surface area contributed by atoms with E-state index in [1.807, 2.05) is 32.9 Å². The van der Waals surface area contributed by atoms with Gasteiger partial charge in [0.05, 0.1) is 11.0 Å². The summed E-state index contributed by atoms with van der Waals surface area (Å²) < 4.78 is 0. The number of amides is 1. The molecule has 1 unspecified atom stereocenters. The van der Waals surface area contributed by atoms with Crippen molar-refractivity contribution in [3.05, 3.63) is 80.9 Å². The number of nitrogens with one attached hydrogen (secondary N) is 1. The summed E-state index contributed by atoms with van der Waals surface area (Å²) in [6.45, 7) is 6.00. The van der Waals surface area contributed by atoms with Gasteiger partial charge in [0.25, 0.3) is 5.69 Å². The molecular weight excluding hydrogens is 304 g/mol. The van der Waals surface area contributed by atoms with Crippen molar-refractivity contribution in [2.45, 2.75) is 26.8 Å². The Morgan fingerprint density at radius 2 is 1.83 bits per heavy atom. The Morgan fingerprint density at radius 1 is 1.17 bits per heavy atom. The minimum atomic E-state index is -0.453. The molecule has 0 aliphatic heterocycles. The molecule has 1 atom stereocenters. The maximum Gasteiger partial charge on any atom is 0.269 e. The number of rotatable bonds is 5. The monoisotopic (exact) mass is 324 g/mol. The van der Waals surface area contributed by atoms with E-state index in [1.165, 1.54) is 23.8 Å². The van der Waals surface area contributed by atoms with Crippen LogP contribution in [0.5, 0.6) is 0 Å². The summed E-state index contributed by atoms with van der Waals surface area (Å²) in [5, 5.41) is 13.5. The van der Waals surface area contributed by atoms with Gasteiger partial charge in [-0.15, -0.1) is 0 Å². The van der Waals surface area contributed by atoms with Crippen LogP contribution in [0, 0.1) is 24.0 Å².